The molecule has 2 saturated heterocycles. The molecule has 0 aromatic carbocycles. The van der Waals surface area contributed by atoms with Gasteiger partial charge in [0.25, 0.3) is 0 Å². The van der Waals surface area contributed by atoms with Crippen LogP contribution in [0.3, 0.4) is 0 Å². The summed E-state index contributed by atoms with van der Waals surface area (Å²) in [7, 11) is 1.60. The molecule has 0 spiro atoms. The lowest BCUT2D eigenvalue weighted by Crippen LogP contribution is -2.52. The number of piperidine rings is 1. The predicted octanol–water partition coefficient (Wildman–Crippen LogP) is 0.114. The Bertz CT molecular complexity index is 566. The van der Waals surface area contributed by atoms with Gasteiger partial charge in [-0.3, -0.25) is 15.5 Å². The SMILES string of the molecule is COC[C@H](C)N/C(=N\C1NNC2CCCNC21)NC(=O)C1CCC(F)C(F)C1. The summed E-state index contributed by atoms with van der Waals surface area (Å²) in [5, 5.41) is 9.41. The molecular weight excluding hydrogens is 370 g/mol. The molecule has 1 amide bonds. The third kappa shape index (κ3) is 5.37. The van der Waals surface area contributed by atoms with E-state index >= 15 is 0 Å². The number of hydrogen-bond donors (Lipinski definition) is 5. The molecule has 1 saturated carbocycles. The zero-order valence-corrected chi connectivity index (χ0v) is 16.5. The van der Waals surface area contributed by atoms with E-state index in [1.807, 2.05) is 6.92 Å². The minimum Gasteiger partial charge on any atom is -0.383 e. The molecule has 2 aliphatic heterocycles. The molecule has 5 N–H and O–H groups in total. The molecule has 7 atom stereocenters. The number of guanidine groups is 1. The van der Waals surface area contributed by atoms with Gasteiger partial charge in [0.1, 0.15) is 18.5 Å². The summed E-state index contributed by atoms with van der Waals surface area (Å²) in [5.74, 6) is -0.564. The maximum Gasteiger partial charge on any atom is 0.229 e. The van der Waals surface area contributed by atoms with Crippen molar-refractivity contribution >= 4 is 11.9 Å². The van der Waals surface area contributed by atoms with E-state index in [2.05, 4.69) is 31.8 Å². The second kappa shape index (κ2) is 9.91. The fourth-order valence-corrected chi connectivity index (χ4v) is 4.11. The molecule has 28 heavy (non-hydrogen) atoms. The zero-order chi connectivity index (χ0) is 20.1. The molecule has 2 heterocycles. The van der Waals surface area contributed by atoms with Crippen molar-refractivity contribution in [3.05, 3.63) is 0 Å². The molecule has 3 rings (SSSR count). The Morgan fingerprint density at radius 2 is 2.07 bits per heavy atom. The van der Waals surface area contributed by atoms with Crippen LogP contribution in [-0.4, -0.2) is 68.8 Å². The Morgan fingerprint density at radius 3 is 2.82 bits per heavy atom. The minimum absolute atomic E-state index is 0.0704. The summed E-state index contributed by atoms with van der Waals surface area (Å²) >= 11 is 0. The van der Waals surface area contributed by atoms with Gasteiger partial charge < -0.3 is 15.4 Å². The number of hydrazine groups is 1. The molecule has 10 heteroatoms. The summed E-state index contributed by atoms with van der Waals surface area (Å²) in [5.41, 5.74) is 6.41. The van der Waals surface area contributed by atoms with Gasteiger partial charge in [-0.2, -0.15) is 0 Å². The monoisotopic (exact) mass is 402 g/mol. The van der Waals surface area contributed by atoms with Crippen LogP contribution in [0.5, 0.6) is 0 Å². The van der Waals surface area contributed by atoms with Crippen LogP contribution in [0, 0.1) is 5.92 Å². The van der Waals surface area contributed by atoms with E-state index in [0.717, 1.165) is 19.4 Å². The highest BCUT2D eigenvalue weighted by Gasteiger charge is 2.38. The van der Waals surface area contributed by atoms with Crippen LogP contribution in [0.25, 0.3) is 0 Å². The standard InChI is InChI=1S/C18H32F2N6O2/c1-10(9-28-2)22-18(23-16-15-14(25-26-16)4-3-7-21-15)24-17(27)11-5-6-12(19)13(20)8-11/h10-16,21,25-26H,3-9H2,1-2H3,(H2,22,23,24,27)/t10-,11?,12?,13?,14?,15?,16?/m0/s1. The van der Waals surface area contributed by atoms with Gasteiger partial charge in [0.15, 0.2) is 5.96 Å². The molecule has 160 valence electrons. The van der Waals surface area contributed by atoms with Crippen LogP contribution in [0.15, 0.2) is 4.99 Å². The van der Waals surface area contributed by atoms with Gasteiger partial charge in [0, 0.05) is 25.1 Å². The number of nitrogens with one attached hydrogen (secondary N) is 5. The first-order valence-corrected chi connectivity index (χ1v) is 10.1. The zero-order valence-electron chi connectivity index (χ0n) is 16.5. The average molecular weight is 402 g/mol. The van der Waals surface area contributed by atoms with Crippen molar-refractivity contribution in [1.29, 1.82) is 0 Å². The van der Waals surface area contributed by atoms with E-state index in [-0.39, 0.29) is 43.0 Å². The summed E-state index contributed by atoms with van der Waals surface area (Å²) < 4.78 is 32.2. The van der Waals surface area contributed by atoms with Crippen LogP contribution in [0.2, 0.25) is 0 Å². The second-order valence-corrected chi connectivity index (χ2v) is 7.97. The van der Waals surface area contributed by atoms with E-state index < -0.39 is 18.3 Å². The lowest BCUT2D eigenvalue weighted by molar-refractivity contribution is -0.125. The summed E-state index contributed by atoms with van der Waals surface area (Å²) in [6, 6.07) is 0.324. The highest BCUT2D eigenvalue weighted by Crippen LogP contribution is 2.29. The maximum atomic E-state index is 13.7. The fraction of sp³-hybridized carbons (Fsp3) is 0.889. The van der Waals surface area contributed by atoms with Crippen LogP contribution in [0.1, 0.15) is 39.0 Å². The van der Waals surface area contributed by atoms with Crippen molar-refractivity contribution in [3.63, 3.8) is 0 Å². The number of rotatable bonds is 5. The molecule has 0 aromatic heterocycles. The van der Waals surface area contributed by atoms with E-state index in [0.29, 0.717) is 19.0 Å². The van der Waals surface area contributed by atoms with E-state index in [1.165, 1.54) is 0 Å². The highest BCUT2D eigenvalue weighted by atomic mass is 19.2. The number of fused-ring (bicyclic) bond motifs is 1. The predicted molar refractivity (Wildman–Crippen MR) is 102 cm³/mol. The quantitative estimate of drug-likeness (QED) is 0.331. The van der Waals surface area contributed by atoms with Crippen molar-refractivity contribution < 1.29 is 18.3 Å². The van der Waals surface area contributed by atoms with Crippen molar-refractivity contribution in [2.24, 2.45) is 10.9 Å². The topological polar surface area (TPSA) is 98.8 Å². The molecule has 1 aliphatic carbocycles. The van der Waals surface area contributed by atoms with Crippen LogP contribution in [-0.2, 0) is 9.53 Å². The Morgan fingerprint density at radius 1 is 1.25 bits per heavy atom. The molecule has 0 aromatic rings. The van der Waals surface area contributed by atoms with Gasteiger partial charge in [-0.25, -0.2) is 19.2 Å². The molecule has 3 aliphatic rings. The first-order chi connectivity index (χ1) is 13.5. The van der Waals surface area contributed by atoms with Gasteiger partial charge in [-0.15, -0.1) is 0 Å². The van der Waals surface area contributed by atoms with Crippen LogP contribution >= 0.6 is 0 Å². The lowest BCUT2D eigenvalue weighted by atomic mass is 9.86. The number of alkyl halides is 2. The van der Waals surface area contributed by atoms with Crippen LogP contribution < -0.4 is 26.8 Å². The van der Waals surface area contributed by atoms with E-state index in [4.69, 9.17) is 4.74 Å². The number of aliphatic imine (C=N–C) groups is 1. The number of halogens is 2. The van der Waals surface area contributed by atoms with Crippen LogP contribution in [0.4, 0.5) is 8.78 Å². The molecule has 0 radical (unpaired) electrons. The summed E-state index contributed by atoms with van der Waals surface area (Å²) in [6.07, 6.45) is -0.845. The molecular formula is C18H32F2N6O2. The molecule has 8 nitrogen and oxygen atoms in total. The average Bonchev–Trinajstić information content (AvgIpc) is 3.07. The number of hydrogen-bond acceptors (Lipinski definition) is 6. The van der Waals surface area contributed by atoms with Crippen molar-refractivity contribution in [3.8, 4) is 0 Å². The Labute approximate surface area is 164 Å². The Balaban J connectivity index is 1.67. The van der Waals surface area contributed by atoms with Gasteiger partial charge >= 0.3 is 0 Å². The number of carbonyl (C=O) groups is 1. The minimum atomic E-state index is -1.59. The third-order valence-corrected chi connectivity index (χ3v) is 5.64. The number of amides is 1. The summed E-state index contributed by atoms with van der Waals surface area (Å²) in [6.45, 7) is 3.28. The number of carbonyl (C=O) groups excluding carboxylic acids is 1. The van der Waals surface area contributed by atoms with Crippen molar-refractivity contribution in [2.75, 3.05) is 20.3 Å². The number of ether oxygens (including phenoxy) is 1. The molecule has 0 bridgehead atoms. The smallest absolute Gasteiger partial charge is 0.229 e. The van der Waals surface area contributed by atoms with Crippen molar-refractivity contribution in [2.45, 2.75) is 75.7 Å². The Kier molecular flexibility index (Phi) is 7.55. The number of methoxy groups -OCH3 is 1. The summed E-state index contributed by atoms with van der Waals surface area (Å²) in [4.78, 5) is 17.3. The fourth-order valence-electron chi connectivity index (χ4n) is 4.11. The van der Waals surface area contributed by atoms with Gasteiger partial charge in [0.2, 0.25) is 5.91 Å². The third-order valence-electron chi connectivity index (χ3n) is 5.64. The normalized spacial score (nSPS) is 37.2. The highest BCUT2D eigenvalue weighted by molar-refractivity contribution is 5.98. The molecule has 3 fully saturated rings. The van der Waals surface area contributed by atoms with Gasteiger partial charge in [-0.05, 0) is 45.6 Å². The lowest BCUT2D eigenvalue weighted by Gasteiger charge is -2.29. The van der Waals surface area contributed by atoms with E-state index in [1.54, 1.807) is 7.11 Å². The van der Waals surface area contributed by atoms with E-state index in [9.17, 15) is 13.6 Å². The number of nitrogens with zero attached hydrogens (tertiary/aromatic N) is 1. The first kappa shape index (κ1) is 21.4. The molecule has 6 unspecified atom stereocenters. The van der Waals surface area contributed by atoms with Gasteiger partial charge in [-0.1, -0.05) is 0 Å². The van der Waals surface area contributed by atoms with Crippen molar-refractivity contribution in [1.82, 2.24) is 26.8 Å². The first-order valence-electron chi connectivity index (χ1n) is 10.1. The second-order valence-electron chi connectivity index (χ2n) is 7.97. The Hall–Kier alpha value is -1.36. The largest absolute Gasteiger partial charge is 0.383 e. The van der Waals surface area contributed by atoms with Gasteiger partial charge in [0.05, 0.1) is 12.6 Å². The maximum absolute atomic E-state index is 13.7.